The average Bonchev–Trinajstić information content (AvgIpc) is 2.80. The molecular weight excluding hydrogens is 274 g/mol. The molecule has 1 aromatic rings. The topological polar surface area (TPSA) is 66.6 Å². The van der Waals surface area contributed by atoms with Crippen molar-refractivity contribution < 1.29 is 9.59 Å². The van der Waals surface area contributed by atoms with Crippen LogP contribution in [0, 0.1) is 18.8 Å². The minimum atomic E-state index is -0.0969. The van der Waals surface area contributed by atoms with Crippen molar-refractivity contribution in [2.45, 2.75) is 6.92 Å². The first-order valence-corrected chi connectivity index (χ1v) is 7.17. The van der Waals surface area contributed by atoms with Gasteiger partial charge in [0.2, 0.25) is 5.91 Å². The zero-order valence-corrected chi connectivity index (χ0v) is 12.4. The molecule has 0 spiro atoms. The summed E-state index contributed by atoms with van der Waals surface area (Å²) in [5.41, 5.74) is 6.32. The van der Waals surface area contributed by atoms with E-state index in [1.807, 2.05) is 13.0 Å². The molecule has 2 heterocycles. The lowest BCUT2D eigenvalue weighted by atomic mass is 10.2. The molecule has 1 aromatic heterocycles. The summed E-state index contributed by atoms with van der Waals surface area (Å²) in [6.07, 6.45) is 0. The minimum Gasteiger partial charge on any atom is -0.342 e. The van der Waals surface area contributed by atoms with Crippen LogP contribution >= 0.6 is 11.3 Å². The van der Waals surface area contributed by atoms with Crippen LogP contribution in [-0.4, -0.2) is 54.8 Å². The molecule has 0 aromatic carbocycles. The Morgan fingerprint density at radius 2 is 2.25 bits per heavy atom. The van der Waals surface area contributed by atoms with E-state index < -0.39 is 0 Å². The Labute approximate surface area is 122 Å². The number of likely N-dealkylation sites (N-methyl/N-ethyl adjacent to an activating group) is 1. The Morgan fingerprint density at radius 3 is 2.90 bits per heavy atom. The molecule has 20 heavy (non-hydrogen) atoms. The van der Waals surface area contributed by atoms with Gasteiger partial charge in [0.25, 0.3) is 5.91 Å². The number of nitrogens with two attached hydrogens (primary N) is 1. The number of aryl methyl sites for hydroxylation is 1. The maximum atomic E-state index is 12.4. The number of piperazine rings is 1. The van der Waals surface area contributed by atoms with Gasteiger partial charge >= 0.3 is 0 Å². The Morgan fingerprint density at radius 1 is 1.50 bits per heavy atom. The van der Waals surface area contributed by atoms with E-state index in [2.05, 4.69) is 11.8 Å². The summed E-state index contributed by atoms with van der Waals surface area (Å²) in [5, 5.41) is 0. The highest BCUT2D eigenvalue weighted by molar-refractivity contribution is 7.14. The molecule has 5 nitrogen and oxygen atoms in total. The zero-order valence-electron chi connectivity index (χ0n) is 11.6. The smallest absolute Gasteiger partial charge is 0.264 e. The highest BCUT2D eigenvalue weighted by Gasteiger charge is 2.26. The molecule has 2 rings (SSSR count). The van der Waals surface area contributed by atoms with Gasteiger partial charge in [0.05, 0.1) is 16.3 Å². The first-order chi connectivity index (χ1) is 9.52. The van der Waals surface area contributed by atoms with Gasteiger partial charge in [0.1, 0.15) is 6.54 Å². The number of thiophene rings is 1. The predicted molar refractivity (Wildman–Crippen MR) is 78.5 cm³/mol. The number of nitrogens with zero attached hydrogens (tertiary/aromatic N) is 2. The number of amides is 2. The zero-order chi connectivity index (χ0) is 14.7. The summed E-state index contributed by atoms with van der Waals surface area (Å²) in [4.78, 5) is 28.8. The van der Waals surface area contributed by atoms with Gasteiger partial charge in [-0.2, -0.15) is 0 Å². The molecule has 0 bridgehead atoms. The van der Waals surface area contributed by atoms with Gasteiger partial charge in [0, 0.05) is 20.1 Å². The maximum Gasteiger partial charge on any atom is 0.264 e. The second-order valence-electron chi connectivity index (χ2n) is 4.67. The fourth-order valence-corrected chi connectivity index (χ4v) is 2.95. The van der Waals surface area contributed by atoms with E-state index in [4.69, 9.17) is 5.73 Å². The number of hydrogen-bond acceptors (Lipinski definition) is 4. The van der Waals surface area contributed by atoms with Crippen LogP contribution in [0.3, 0.4) is 0 Å². The van der Waals surface area contributed by atoms with Crippen molar-refractivity contribution in [1.82, 2.24) is 9.80 Å². The van der Waals surface area contributed by atoms with E-state index in [0.29, 0.717) is 24.5 Å². The molecule has 1 aliphatic heterocycles. The lowest BCUT2D eigenvalue weighted by molar-refractivity contribution is -0.133. The van der Waals surface area contributed by atoms with Gasteiger partial charge in [-0.15, -0.1) is 11.3 Å². The van der Waals surface area contributed by atoms with Gasteiger partial charge in [-0.05, 0) is 18.6 Å². The number of hydrogen-bond donors (Lipinski definition) is 1. The molecule has 0 unspecified atom stereocenters. The van der Waals surface area contributed by atoms with Crippen molar-refractivity contribution >= 4 is 23.2 Å². The third-order valence-corrected chi connectivity index (χ3v) is 4.32. The summed E-state index contributed by atoms with van der Waals surface area (Å²) in [6.45, 7) is 3.52. The summed E-state index contributed by atoms with van der Waals surface area (Å²) in [6, 6.07) is 1.83. The molecule has 2 N–H and O–H groups in total. The van der Waals surface area contributed by atoms with Crippen LogP contribution in [0.1, 0.15) is 20.1 Å². The van der Waals surface area contributed by atoms with Crippen LogP contribution in [0.4, 0.5) is 0 Å². The number of carbonyl (C=O) groups excluding carboxylic acids is 2. The van der Waals surface area contributed by atoms with Crippen molar-refractivity contribution in [3.05, 3.63) is 21.4 Å². The van der Waals surface area contributed by atoms with Crippen LogP contribution in [0.5, 0.6) is 0 Å². The summed E-state index contributed by atoms with van der Waals surface area (Å²) >= 11 is 1.36. The van der Waals surface area contributed by atoms with Gasteiger partial charge in [-0.1, -0.05) is 11.8 Å². The molecule has 1 saturated heterocycles. The third-order valence-electron chi connectivity index (χ3n) is 3.18. The van der Waals surface area contributed by atoms with Crippen molar-refractivity contribution in [2.24, 2.45) is 5.73 Å². The molecule has 2 amide bonds. The van der Waals surface area contributed by atoms with Crippen LogP contribution in [0.15, 0.2) is 6.07 Å². The molecule has 0 saturated carbocycles. The largest absolute Gasteiger partial charge is 0.342 e. The Hall–Kier alpha value is -1.84. The lowest BCUT2D eigenvalue weighted by Crippen LogP contribution is -2.50. The Balaban J connectivity index is 2.15. The highest BCUT2D eigenvalue weighted by atomic mass is 32.1. The molecular formula is C14H17N3O2S. The summed E-state index contributed by atoms with van der Waals surface area (Å²) < 4.78 is 0. The molecule has 1 fully saturated rings. The Bertz CT molecular complexity index is 597. The summed E-state index contributed by atoms with van der Waals surface area (Å²) in [7, 11) is 1.75. The average molecular weight is 291 g/mol. The quantitative estimate of drug-likeness (QED) is 0.756. The standard InChI is InChI=1S/C14H17N3O2S/c1-10-8-12(20-11(10)4-3-5-15)14(19)17-7-6-16(2)13(18)9-17/h8H,5-7,9,15H2,1-2H3. The SMILES string of the molecule is Cc1cc(C(=O)N2CCN(C)C(=O)C2)sc1C#CCN. The predicted octanol–water partition coefficient (Wildman–Crippen LogP) is 0.281. The van der Waals surface area contributed by atoms with Crippen molar-refractivity contribution in [1.29, 1.82) is 0 Å². The molecule has 6 heteroatoms. The van der Waals surface area contributed by atoms with E-state index in [1.165, 1.54) is 11.3 Å². The molecule has 0 aliphatic carbocycles. The van der Waals surface area contributed by atoms with Crippen LogP contribution in [0.2, 0.25) is 0 Å². The fraction of sp³-hybridized carbons (Fsp3) is 0.429. The van der Waals surface area contributed by atoms with Gasteiger partial charge in [-0.3, -0.25) is 9.59 Å². The molecule has 1 aliphatic rings. The number of carbonyl (C=O) groups is 2. The molecule has 106 valence electrons. The normalized spacial score (nSPS) is 15.1. The second kappa shape index (κ2) is 6.07. The Kier molecular flexibility index (Phi) is 4.42. The van der Waals surface area contributed by atoms with E-state index in [9.17, 15) is 9.59 Å². The van der Waals surface area contributed by atoms with Gasteiger partial charge in [0.15, 0.2) is 0 Å². The molecule has 0 atom stereocenters. The third kappa shape index (κ3) is 3.00. The number of rotatable bonds is 1. The van der Waals surface area contributed by atoms with Crippen molar-refractivity contribution in [3.8, 4) is 11.8 Å². The monoisotopic (exact) mass is 291 g/mol. The fourth-order valence-electron chi connectivity index (χ4n) is 1.93. The van der Waals surface area contributed by atoms with Crippen LogP contribution < -0.4 is 5.73 Å². The lowest BCUT2D eigenvalue weighted by Gasteiger charge is -2.31. The van der Waals surface area contributed by atoms with E-state index in [-0.39, 0.29) is 18.4 Å². The van der Waals surface area contributed by atoms with E-state index >= 15 is 0 Å². The summed E-state index contributed by atoms with van der Waals surface area (Å²) in [5.74, 6) is 5.63. The molecule has 0 radical (unpaired) electrons. The maximum absolute atomic E-state index is 12.4. The highest BCUT2D eigenvalue weighted by Crippen LogP contribution is 2.23. The van der Waals surface area contributed by atoms with Gasteiger partial charge in [-0.25, -0.2) is 0 Å². The first kappa shape index (κ1) is 14.6. The van der Waals surface area contributed by atoms with E-state index in [0.717, 1.165) is 10.4 Å². The van der Waals surface area contributed by atoms with Crippen LogP contribution in [-0.2, 0) is 4.79 Å². The minimum absolute atomic E-state index is 0.0268. The van der Waals surface area contributed by atoms with E-state index in [1.54, 1.807) is 16.8 Å². The first-order valence-electron chi connectivity index (χ1n) is 6.35. The second-order valence-corrected chi connectivity index (χ2v) is 5.72. The van der Waals surface area contributed by atoms with Crippen molar-refractivity contribution in [3.63, 3.8) is 0 Å². The van der Waals surface area contributed by atoms with Crippen molar-refractivity contribution in [2.75, 3.05) is 33.2 Å². The van der Waals surface area contributed by atoms with Crippen LogP contribution in [0.25, 0.3) is 0 Å². The van der Waals surface area contributed by atoms with Gasteiger partial charge < -0.3 is 15.5 Å².